The standard InChI is InChI=1S/C26H44O2Si/c1-23(2,3)29(9,10)28-17-22-21(16-27)26(22,8)18-11-12-19-20(15-18)25(6,7)14-13-24(19,4)5/h11-12,15,21-22,27H,13-14,16-17H2,1-10H3/t21?,22?,26-/m1/s1. The van der Waals surface area contributed by atoms with Crippen molar-refractivity contribution in [2.75, 3.05) is 13.2 Å². The molecule has 29 heavy (non-hydrogen) atoms. The van der Waals surface area contributed by atoms with Crippen LogP contribution in [0.15, 0.2) is 18.2 Å². The van der Waals surface area contributed by atoms with Crippen LogP contribution in [-0.4, -0.2) is 26.6 Å². The molecule has 1 aromatic carbocycles. The van der Waals surface area contributed by atoms with E-state index in [1.54, 1.807) is 0 Å². The fourth-order valence-corrected chi connectivity index (χ4v) is 6.20. The van der Waals surface area contributed by atoms with E-state index in [-0.39, 0.29) is 27.9 Å². The van der Waals surface area contributed by atoms with E-state index in [2.05, 4.69) is 86.7 Å². The van der Waals surface area contributed by atoms with E-state index in [9.17, 15) is 5.11 Å². The summed E-state index contributed by atoms with van der Waals surface area (Å²) >= 11 is 0. The second kappa shape index (κ2) is 6.93. The third-order valence-electron chi connectivity index (χ3n) is 9.02. The van der Waals surface area contributed by atoms with Crippen molar-refractivity contribution in [3.8, 4) is 0 Å². The molecule has 0 aliphatic heterocycles. The predicted molar refractivity (Wildman–Crippen MR) is 126 cm³/mol. The maximum absolute atomic E-state index is 10.1. The van der Waals surface area contributed by atoms with Gasteiger partial charge in [0.05, 0.1) is 0 Å². The molecular formula is C26H44O2Si. The highest BCUT2D eigenvalue weighted by molar-refractivity contribution is 6.74. The minimum absolute atomic E-state index is 0.0177. The van der Waals surface area contributed by atoms with Crippen molar-refractivity contribution in [1.82, 2.24) is 0 Å². The molecule has 3 rings (SSSR count). The van der Waals surface area contributed by atoms with Gasteiger partial charge in [0.25, 0.3) is 0 Å². The lowest BCUT2D eigenvalue weighted by Gasteiger charge is -2.42. The van der Waals surface area contributed by atoms with E-state index in [0.29, 0.717) is 11.8 Å². The Morgan fingerprint density at radius 1 is 0.966 bits per heavy atom. The number of hydrogen-bond acceptors (Lipinski definition) is 2. The fourth-order valence-electron chi connectivity index (χ4n) is 5.17. The average Bonchev–Trinajstić information content (AvgIpc) is 3.20. The second-order valence-electron chi connectivity index (χ2n) is 12.8. The van der Waals surface area contributed by atoms with Crippen molar-refractivity contribution in [2.24, 2.45) is 11.8 Å². The summed E-state index contributed by atoms with van der Waals surface area (Å²) in [5.41, 5.74) is 4.90. The Morgan fingerprint density at radius 3 is 2.03 bits per heavy atom. The van der Waals surface area contributed by atoms with Crippen LogP contribution in [-0.2, 0) is 20.7 Å². The quantitative estimate of drug-likeness (QED) is 0.551. The van der Waals surface area contributed by atoms with Crippen molar-refractivity contribution in [2.45, 2.75) is 103 Å². The van der Waals surface area contributed by atoms with Crippen LogP contribution in [0.3, 0.4) is 0 Å². The zero-order valence-corrected chi connectivity index (χ0v) is 21.6. The van der Waals surface area contributed by atoms with Crippen LogP contribution >= 0.6 is 0 Å². The Balaban J connectivity index is 1.90. The van der Waals surface area contributed by atoms with E-state index in [1.807, 2.05) is 0 Å². The number of benzene rings is 1. The maximum Gasteiger partial charge on any atom is 0.191 e. The van der Waals surface area contributed by atoms with E-state index >= 15 is 0 Å². The highest BCUT2D eigenvalue weighted by Crippen LogP contribution is 2.61. The SMILES string of the molecule is CC1(C)CCC(C)(C)c2cc([C@]3(C)C(CO)C3CO[Si](C)(C)C(C)(C)C)ccc21. The molecule has 2 nitrogen and oxygen atoms in total. The summed E-state index contributed by atoms with van der Waals surface area (Å²) in [7, 11) is -1.78. The molecule has 0 saturated heterocycles. The Morgan fingerprint density at radius 2 is 1.52 bits per heavy atom. The van der Waals surface area contributed by atoms with Crippen LogP contribution in [0.2, 0.25) is 18.1 Å². The second-order valence-corrected chi connectivity index (χ2v) is 17.6. The van der Waals surface area contributed by atoms with Crippen LogP contribution in [0.5, 0.6) is 0 Å². The first kappa shape index (κ1) is 23.0. The van der Waals surface area contributed by atoms with Gasteiger partial charge in [-0.2, -0.15) is 0 Å². The summed E-state index contributed by atoms with van der Waals surface area (Å²) in [6.45, 7) is 24.4. The molecule has 1 fully saturated rings. The predicted octanol–water partition coefficient (Wildman–Crippen LogP) is 6.55. The molecule has 1 N–H and O–H groups in total. The van der Waals surface area contributed by atoms with Crippen LogP contribution in [0.4, 0.5) is 0 Å². The smallest absolute Gasteiger partial charge is 0.191 e. The molecule has 0 radical (unpaired) electrons. The summed E-state index contributed by atoms with van der Waals surface area (Å²) in [6.07, 6.45) is 2.47. The molecule has 3 heteroatoms. The first-order valence-electron chi connectivity index (χ1n) is 11.5. The molecule has 164 valence electrons. The van der Waals surface area contributed by atoms with Gasteiger partial charge in [-0.15, -0.1) is 0 Å². The van der Waals surface area contributed by atoms with Gasteiger partial charge in [0, 0.05) is 18.6 Å². The Hall–Kier alpha value is -0.643. The number of aliphatic hydroxyl groups excluding tert-OH is 1. The van der Waals surface area contributed by atoms with Gasteiger partial charge in [-0.3, -0.25) is 0 Å². The molecule has 0 spiro atoms. The molecule has 2 unspecified atom stereocenters. The molecular weight excluding hydrogens is 372 g/mol. The summed E-state index contributed by atoms with van der Waals surface area (Å²) in [4.78, 5) is 0. The number of rotatable bonds is 5. The van der Waals surface area contributed by atoms with Gasteiger partial charge in [-0.1, -0.05) is 73.6 Å². The first-order chi connectivity index (χ1) is 13.1. The third-order valence-corrected chi connectivity index (χ3v) is 13.5. The summed E-state index contributed by atoms with van der Waals surface area (Å²) in [6, 6.07) is 7.21. The lowest BCUT2D eigenvalue weighted by atomic mass is 9.62. The summed E-state index contributed by atoms with van der Waals surface area (Å²) in [5.74, 6) is 0.699. The molecule has 1 saturated carbocycles. The van der Waals surface area contributed by atoms with E-state index < -0.39 is 8.32 Å². The van der Waals surface area contributed by atoms with Crippen molar-refractivity contribution in [3.63, 3.8) is 0 Å². The molecule has 0 bridgehead atoms. The highest BCUT2D eigenvalue weighted by atomic mass is 28.4. The summed E-state index contributed by atoms with van der Waals surface area (Å²) < 4.78 is 6.58. The van der Waals surface area contributed by atoms with Crippen molar-refractivity contribution < 1.29 is 9.53 Å². The van der Waals surface area contributed by atoms with E-state index in [4.69, 9.17) is 4.43 Å². The third kappa shape index (κ3) is 3.76. The minimum Gasteiger partial charge on any atom is -0.417 e. The Kier molecular flexibility index (Phi) is 5.51. The van der Waals surface area contributed by atoms with E-state index in [0.717, 1.165) is 6.61 Å². The molecule has 0 heterocycles. The van der Waals surface area contributed by atoms with E-state index in [1.165, 1.54) is 29.5 Å². The number of hydrogen-bond donors (Lipinski definition) is 1. The maximum atomic E-state index is 10.1. The van der Waals surface area contributed by atoms with Crippen molar-refractivity contribution in [1.29, 1.82) is 0 Å². The highest BCUT2D eigenvalue weighted by Gasteiger charge is 2.62. The molecule has 0 aromatic heterocycles. The van der Waals surface area contributed by atoms with Crippen LogP contribution in [0.25, 0.3) is 0 Å². The van der Waals surface area contributed by atoms with Gasteiger partial charge in [0.15, 0.2) is 8.32 Å². The molecule has 0 amide bonds. The molecule has 2 aliphatic rings. The lowest BCUT2D eigenvalue weighted by Crippen LogP contribution is -2.41. The minimum atomic E-state index is -1.78. The number of fused-ring (bicyclic) bond motifs is 1. The van der Waals surface area contributed by atoms with Gasteiger partial charge in [-0.25, -0.2) is 0 Å². The van der Waals surface area contributed by atoms with Gasteiger partial charge in [-0.05, 0) is 70.3 Å². The Labute approximate surface area is 180 Å². The molecule has 2 aliphatic carbocycles. The fraction of sp³-hybridized carbons (Fsp3) is 0.769. The van der Waals surface area contributed by atoms with Crippen LogP contribution in [0.1, 0.15) is 84.9 Å². The van der Waals surface area contributed by atoms with Crippen molar-refractivity contribution >= 4 is 8.32 Å². The zero-order chi connectivity index (χ0) is 22.0. The van der Waals surface area contributed by atoms with Crippen LogP contribution < -0.4 is 0 Å². The van der Waals surface area contributed by atoms with Gasteiger partial charge < -0.3 is 9.53 Å². The molecule has 3 atom stereocenters. The van der Waals surface area contributed by atoms with Crippen LogP contribution in [0, 0.1) is 11.8 Å². The number of aliphatic hydroxyl groups is 1. The van der Waals surface area contributed by atoms with Crippen molar-refractivity contribution in [3.05, 3.63) is 34.9 Å². The van der Waals surface area contributed by atoms with Gasteiger partial charge >= 0.3 is 0 Å². The lowest BCUT2D eigenvalue weighted by molar-refractivity contribution is 0.232. The Bertz CT molecular complexity index is 771. The molecule has 1 aromatic rings. The van der Waals surface area contributed by atoms with Gasteiger partial charge in [0.2, 0.25) is 0 Å². The zero-order valence-electron chi connectivity index (χ0n) is 20.6. The first-order valence-corrected chi connectivity index (χ1v) is 14.4. The normalized spacial score (nSPS) is 30.7. The monoisotopic (exact) mass is 416 g/mol. The topological polar surface area (TPSA) is 29.5 Å². The largest absolute Gasteiger partial charge is 0.417 e. The average molecular weight is 417 g/mol. The summed E-state index contributed by atoms with van der Waals surface area (Å²) in [5, 5.41) is 10.4. The van der Waals surface area contributed by atoms with Gasteiger partial charge in [0.1, 0.15) is 0 Å².